The lowest BCUT2D eigenvalue weighted by molar-refractivity contribution is -0.184. The molecule has 2 aliphatic rings. The first-order valence-electron chi connectivity index (χ1n) is 4.76. The van der Waals surface area contributed by atoms with Gasteiger partial charge in [-0.15, -0.1) is 0 Å². The summed E-state index contributed by atoms with van der Waals surface area (Å²) in [6, 6.07) is 0.182. The highest BCUT2D eigenvalue weighted by Gasteiger charge is 2.55. The van der Waals surface area contributed by atoms with Crippen LogP contribution in [0, 0.1) is 11.3 Å². The third-order valence-electron chi connectivity index (χ3n) is 3.70. The molecule has 0 aliphatic heterocycles. The van der Waals surface area contributed by atoms with E-state index in [1.54, 1.807) is 0 Å². The van der Waals surface area contributed by atoms with Crippen molar-refractivity contribution >= 4 is 0 Å². The van der Waals surface area contributed by atoms with Gasteiger partial charge in [-0.2, -0.15) is 13.2 Å². The molecule has 2 aliphatic carbocycles. The van der Waals surface area contributed by atoms with Gasteiger partial charge in [-0.25, -0.2) is 0 Å². The van der Waals surface area contributed by atoms with E-state index in [4.69, 9.17) is 5.73 Å². The summed E-state index contributed by atoms with van der Waals surface area (Å²) in [4.78, 5) is 0. The average Bonchev–Trinajstić information content (AvgIpc) is 2.60. The van der Waals surface area contributed by atoms with Crippen LogP contribution in [-0.4, -0.2) is 12.2 Å². The smallest absolute Gasteiger partial charge is 0.327 e. The molecule has 13 heavy (non-hydrogen) atoms. The summed E-state index contributed by atoms with van der Waals surface area (Å²) in [5.74, 6) is -1.06. The lowest BCUT2D eigenvalue weighted by Gasteiger charge is -2.30. The van der Waals surface area contributed by atoms with E-state index < -0.39 is 12.1 Å². The van der Waals surface area contributed by atoms with Crippen LogP contribution in [0.1, 0.15) is 32.1 Å². The van der Waals surface area contributed by atoms with Crippen molar-refractivity contribution in [3.8, 4) is 0 Å². The Morgan fingerprint density at radius 1 is 1.15 bits per heavy atom. The molecule has 0 aromatic heterocycles. The van der Waals surface area contributed by atoms with E-state index in [2.05, 4.69) is 0 Å². The third kappa shape index (κ3) is 1.56. The van der Waals surface area contributed by atoms with Gasteiger partial charge in [0, 0.05) is 6.04 Å². The molecule has 2 fully saturated rings. The van der Waals surface area contributed by atoms with Gasteiger partial charge < -0.3 is 5.73 Å². The molecule has 76 valence electrons. The molecule has 0 bridgehead atoms. The summed E-state index contributed by atoms with van der Waals surface area (Å²) in [7, 11) is 0. The second-order valence-corrected chi connectivity index (χ2v) is 4.49. The van der Waals surface area contributed by atoms with Crippen LogP contribution in [0.25, 0.3) is 0 Å². The van der Waals surface area contributed by atoms with Crippen molar-refractivity contribution in [3.05, 3.63) is 0 Å². The molecule has 1 atom stereocenters. The minimum absolute atomic E-state index is 0.113. The maximum absolute atomic E-state index is 12.3. The Labute approximate surface area is 75.5 Å². The lowest BCUT2D eigenvalue weighted by Crippen LogP contribution is -2.30. The summed E-state index contributed by atoms with van der Waals surface area (Å²) in [6.07, 6.45) is -1.11. The highest BCUT2D eigenvalue weighted by atomic mass is 19.4. The van der Waals surface area contributed by atoms with Gasteiger partial charge >= 0.3 is 6.18 Å². The molecule has 2 rings (SSSR count). The highest BCUT2D eigenvalue weighted by molar-refractivity contribution is 5.08. The third-order valence-corrected chi connectivity index (χ3v) is 3.70. The van der Waals surface area contributed by atoms with Gasteiger partial charge in [0.2, 0.25) is 0 Å². The van der Waals surface area contributed by atoms with Crippen molar-refractivity contribution in [2.45, 2.75) is 44.3 Å². The fourth-order valence-corrected chi connectivity index (χ4v) is 2.47. The SMILES string of the molecule is N[C@H]1CC12CCC(C(F)(F)F)CC2. The molecule has 4 heteroatoms. The number of hydrogen-bond donors (Lipinski definition) is 1. The van der Waals surface area contributed by atoms with Crippen LogP contribution >= 0.6 is 0 Å². The first-order valence-corrected chi connectivity index (χ1v) is 4.76. The molecule has 0 saturated heterocycles. The number of rotatable bonds is 0. The Morgan fingerprint density at radius 2 is 1.62 bits per heavy atom. The molecule has 0 unspecified atom stereocenters. The predicted octanol–water partition coefficient (Wildman–Crippen LogP) is 2.46. The number of hydrogen-bond acceptors (Lipinski definition) is 1. The molecule has 2 saturated carbocycles. The maximum atomic E-state index is 12.3. The van der Waals surface area contributed by atoms with E-state index in [-0.39, 0.29) is 24.3 Å². The lowest BCUT2D eigenvalue weighted by atomic mass is 9.79. The molecule has 1 spiro atoms. The molecule has 0 aromatic carbocycles. The summed E-state index contributed by atoms with van der Waals surface area (Å²) in [5, 5.41) is 0. The van der Waals surface area contributed by atoms with Crippen molar-refractivity contribution in [1.29, 1.82) is 0 Å². The molecular weight excluding hydrogens is 179 g/mol. The van der Waals surface area contributed by atoms with Gasteiger partial charge in [-0.05, 0) is 37.5 Å². The van der Waals surface area contributed by atoms with Crippen molar-refractivity contribution in [1.82, 2.24) is 0 Å². The second-order valence-electron chi connectivity index (χ2n) is 4.49. The first kappa shape index (κ1) is 9.31. The standard InChI is InChI=1S/C9H14F3N/c10-9(11,12)6-1-3-8(4-2-6)5-7(8)13/h6-7H,1-5,13H2/t6?,7-,8?/m0/s1. The van der Waals surface area contributed by atoms with Gasteiger partial charge in [0.1, 0.15) is 0 Å². The first-order chi connectivity index (χ1) is 5.94. The van der Waals surface area contributed by atoms with Gasteiger partial charge in [0.25, 0.3) is 0 Å². The Bertz CT molecular complexity index is 203. The Balaban J connectivity index is 1.90. The van der Waals surface area contributed by atoms with Crippen LogP contribution in [0.15, 0.2) is 0 Å². The predicted molar refractivity (Wildman–Crippen MR) is 43.0 cm³/mol. The molecular formula is C9H14F3N. The Morgan fingerprint density at radius 3 is 1.92 bits per heavy atom. The van der Waals surface area contributed by atoms with Gasteiger partial charge in [0.15, 0.2) is 0 Å². The molecule has 0 amide bonds. The van der Waals surface area contributed by atoms with E-state index in [9.17, 15) is 13.2 Å². The van der Waals surface area contributed by atoms with E-state index in [0.717, 1.165) is 6.42 Å². The van der Waals surface area contributed by atoms with Crippen LogP contribution in [0.5, 0.6) is 0 Å². The fourth-order valence-electron chi connectivity index (χ4n) is 2.47. The van der Waals surface area contributed by atoms with Crippen LogP contribution in [0.4, 0.5) is 13.2 Å². The van der Waals surface area contributed by atoms with Gasteiger partial charge in [-0.3, -0.25) is 0 Å². The zero-order valence-electron chi connectivity index (χ0n) is 7.40. The number of nitrogens with two attached hydrogens (primary N) is 1. The topological polar surface area (TPSA) is 26.0 Å². The van der Waals surface area contributed by atoms with Crippen molar-refractivity contribution < 1.29 is 13.2 Å². The normalized spacial score (nSPS) is 45.2. The molecule has 1 nitrogen and oxygen atoms in total. The second kappa shape index (κ2) is 2.62. The fraction of sp³-hybridized carbons (Fsp3) is 1.00. The van der Waals surface area contributed by atoms with E-state index in [1.165, 1.54) is 0 Å². The molecule has 0 radical (unpaired) electrons. The molecule has 0 aromatic rings. The number of halogens is 3. The van der Waals surface area contributed by atoms with Crippen LogP contribution in [-0.2, 0) is 0 Å². The van der Waals surface area contributed by atoms with E-state index in [1.807, 2.05) is 0 Å². The highest BCUT2D eigenvalue weighted by Crippen LogP contribution is 2.57. The van der Waals surface area contributed by atoms with Crippen LogP contribution in [0.2, 0.25) is 0 Å². The minimum Gasteiger partial charge on any atom is -0.327 e. The minimum atomic E-state index is -3.99. The molecule has 0 heterocycles. The largest absolute Gasteiger partial charge is 0.391 e. The van der Waals surface area contributed by atoms with Crippen molar-refractivity contribution in [2.24, 2.45) is 17.1 Å². The van der Waals surface area contributed by atoms with Gasteiger partial charge in [-0.1, -0.05) is 0 Å². The molecule has 2 N–H and O–H groups in total. The average molecular weight is 193 g/mol. The van der Waals surface area contributed by atoms with Crippen molar-refractivity contribution in [3.63, 3.8) is 0 Å². The summed E-state index contributed by atoms with van der Waals surface area (Å²) >= 11 is 0. The number of alkyl halides is 3. The Kier molecular flexibility index (Phi) is 1.88. The van der Waals surface area contributed by atoms with Crippen molar-refractivity contribution in [2.75, 3.05) is 0 Å². The zero-order chi connectivity index (χ0) is 9.69. The van der Waals surface area contributed by atoms with Crippen LogP contribution in [0.3, 0.4) is 0 Å². The monoisotopic (exact) mass is 193 g/mol. The summed E-state index contributed by atoms with van der Waals surface area (Å²) in [6.45, 7) is 0. The van der Waals surface area contributed by atoms with Gasteiger partial charge in [0.05, 0.1) is 5.92 Å². The van der Waals surface area contributed by atoms with Crippen LogP contribution < -0.4 is 5.73 Å². The Hall–Kier alpha value is -0.250. The quantitative estimate of drug-likeness (QED) is 0.628. The zero-order valence-corrected chi connectivity index (χ0v) is 7.40. The van der Waals surface area contributed by atoms with E-state index >= 15 is 0 Å². The summed E-state index contributed by atoms with van der Waals surface area (Å²) < 4.78 is 36.8. The summed E-state index contributed by atoms with van der Waals surface area (Å²) in [5.41, 5.74) is 5.82. The maximum Gasteiger partial charge on any atom is 0.391 e. The van der Waals surface area contributed by atoms with E-state index in [0.29, 0.717) is 12.8 Å².